The number of pyridine rings is 1. The van der Waals surface area contributed by atoms with Gasteiger partial charge in [-0.1, -0.05) is 77.0 Å². The standard InChI is InChI=1S/C45H56N4O9/c1-8-10-11-12-21-56-44(55)49-39(46)31-17-15-28(16-18-31)22-37(51)35-23-30(9-2)32(26-50)24-34(35)33-19-20-36(40(52)47-25-29-13-14-29)48-38(33)41(53)57-42(27(3)4)58-43(54)45(5,6)7/h9,15-20,23-24,27,29,42,50H,2,8,10-14,21-22,25-26H2,1,3-7H3,(H,47,52)(H2,46,49,55). The van der Waals surface area contributed by atoms with Gasteiger partial charge < -0.3 is 30.4 Å². The number of rotatable bonds is 19. The molecule has 13 nitrogen and oxygen atoms in total. The molecule has 1 fully saturated rings. The van der Waals surface area contributed by atoms with E-state index in [0.717, 1.165) is 38.5 Å². The lowest BCUT2D eigenvalue weighted by molar-refractivity contribution is -0.184. The molecule has 1 saturated carbocycles. The molecule has 1 atom stereocenters. The Morgan fingerprint density at radius 2 is 1.71 bits per heavy atom. The molecular weight excluding hydrogens is 741 g/mol. The van der Waals surface area contributed by atoms with E-state index in [1.807, 2.05) is 0 Å². The first-order valence-corrected chi connectivity index (χ1v) is 19.8. The van der Waals surface area contributed by atoms with Crippen LogP contribution in [0.25, 0.3) is 17.2 Å². The minimum absolute atomic E-state index is 0.0293. The summed E-state index contributed by atoms with van der Waals surface area (Å²) in [6.07, 6.45) is 5.20. The molecule has 0 spiro atoms. The van der Waals surface area contributed by atoms with Gasteiger partial charge >= 0.3 is 18.0 Å². The molecule has 13 heteroatoms. The maximum Gasteiger partial charge on any atom is 0.435 e. The molecular formula is C45H56N4O9. The Bertz CT molecular complexity index is 2010. The highest BCUT2D eigenvalue weighted by atomic mass is 16.7. The lowest BCUT2D eigenvalue weighted by Gasteiger charge is -2.26. The number of amidine groups is 1. The Kier molecular flexibility index (Phi) is 16.0. The number of aliphatic hydroxyl groups excluding tert-OH is 1. The first-order valence-electron chi connectivity index (χ1n) is 19.8. The highest BCUT2D eigenvalue weighted by Gasteiger charge is 2.32. The normalized spacial score (nSPS) is 13.4. The molecule has 0 bridgehead atoms. The predicted octanol–water partition coefficient (Wildman–Crippen LogP) is 7.60. The summed E-state index contributed by atoms with van der Waals surface area (Å²) in [5.41, 5.74) is 7.43. The van der Waals surface area contributed by atoms with E-state index in [0.29, 0.717) is 34.7 Å². The van der Waals surface area contributed by atoms with Gasteiger partial charge in [-0.05, 0) is 92.5 Å². The van der Waals surface area contributed by atoms with Crippen molar-refractivity contribution in [1.82, 2.24) is 10.3 Å². The zero-order valence-corrected chi connectivity index (χ0v) is 34.4. The monoisotopic (exact) mass is 796 g/mol. The van der Waals surface area contributed by atoms with Crippen molar-refractivity contribution in [2.75, 3.05) is 13.2 Å². The number of esters is 2. The molecule has 0 aliphatic heterocycles. The van der Waals surface area contributed by atoms with Crippen LogP contribution in [0.4, 0.5) is 4.79 Å². The van der Waals surface area contributed by atoms with Gasteiger partial charge in [0, 0.05) is 35.6 Å². The van der Waals surface area contributed by atoms with Gasteiger partial charge in [-0.2, -0.15) is 4.99 Å². The molecule has 2 aromatic carbocycles. The van der Waals surface area contributed by atoms with Gasteiger partial charge in [0.2, 0.25) is 6.29 Å². The maximum atomic E-state index is 14.2. The van der Waals surface area contributed by atoms with E-state index in [9.17, 15) is 29.1 Å². The Hall–Kier alpha value is -5.69. The van der Waals surface area contributed by atoms with Crippen LogP contribution >= 0.6 is 0 Å². The summed E-state index contributed by atoms with van der Waals surface area (Å²) in [7, 11) is 0. The zero-order chi connectivity index (χ0) is 42.6. The van der Waals surface area contributed by atoms with Crippen LogP contribution < -0.4 is 11.1 Å². The van der Waals surface area contributed by atoms with E-state index in [1.165, 1.54) is 18.2 Å². The van der Waals surface area contributed by atoms with Crippen LogP contribution in [0, 0.1) is 17.3 Å². The summed E-state index contributed by atoms with van der Waals surface area (Å²) >= 11 is 0. The number of ketones is 1. The van der Waals surface area contributed by atoms with E-state index in [1.54, 1.807) is 71.0 Å². The molecule has 58 heavy (non-hydrogen) atoms. The average molecular weight is 797 g/mol. The summed E-state index contributed by atoms with van der Waals surface area (Å²) in [5, 5.41) is 13.2. The lowest BCUT2D eigenvalue weighted by atomic mass is 9.89. The molecule has 4 rings (SSSR count). The number of amides is 2. The van der Waals surface area contributed by atoms with Crippen LogP contribution in [0.15, 0.2) is 60.1 Å². The second-order valence-corrected chi connectivity index (χ2v) is 15.8. The van der Waals surface area contributed by atoms with Crippen molar-refractivity contribution in [1.29, 1.82) is 0 Å². The molecule has 1 aliphatic rings. The number of hydrogen-bond donors (Lipinski definition) is 3. The number of nitrogens with zero attached hydrogens (tertiary/aromatic N) is 2. The molecule has 3 aromatic rings. The quantitative estimate of drug-likeness (QED) is 0.0270. The van der Waals surface area contributed by atoms with Crippen LogP contribution in [-0.4, -0.2) is 65.1 Å². The van der Waals surface area contributed by atoms with E-state index in [4.69, 9.17) is 19.9 Å². The number of carbonyl (C=O) groups is 5. The van der Waals surface area contributed by atoms with Crippen molar-refractivity contribution in [3.63, 3.8) is 0 Å². The van der Waals surface area contributed by atoms with Gasteiger partial charge in [-0.3, -0.25) is 14.4 Å². The Morgan fingerprint density at radius 1 is 1.00 bits per heavy atom. The van der Waals surface area contributed by atoms with Crippen LogP contribution in [0.3, 0.4) is 0 Å². The maximum absolute atomic E-state index is 14.2. The van der Waals surface area contributed by atoms with Gasteiger partial charge in [0.05, 0.1) is 18.6 Å². The number of ether oxygens (including phenoxy) is 3. The number of carbonyl (C=O) groups excluding carboxylic acids is 5. The van der Waals surface area contributed by atoms with Gasteiger partial charge in [0.25, 0.3) is 5.91 Å². The fraction of sp³-hybridized carbons (Fsp3) is 0.444. The highest BCUT2D eigenvalue weighted by Crippen LogP contribution is 2.33. The fourth-order valence-corrected chi connectivity index (χ4v) is 5.75. The van der Waals surface area contributed by atoms with Crippen molar-refractivity contribution < 1.29 is 43.3 Å². The number of nitrogens with two attached hydrogens (primary N) is 1. The topological polar surface area (TPSA) is 197 Å². The first-order chi connectivity index (χ1) is 27.6. The third kappa shape index (κ3) is 12.7. The summed E-state index contributed by atoms with van der Waals surface area (Å²) in [6, 6.07) is 12.8. The van der Waals surface area contributed by atoms with Gasteiger partial charge in [0.1, 0.15) is 11.5 Å². The highest BCUT2D eigenvalue weighted by molar-refractivity contribution is 6.07. The third-order valence-electron chi connectivity index (χ3n) is 9.48. The Morgan fingerprint density at radius 3 is 2.31 bits per heavy atom. The van der Waals surface area contributed by atoms with Crippen molar-refractivity contribution in [2.45, 2.75) is 99.4 Å². The van der Waals surface area contributed by atoms with Crippen LogP contribution in [0.2, 0.25) is 0 Å². The van der Waals surface area contributed by atoms with Gasteiger partial charge in [-0.25, -0.2) is 14.6 Å². The van der Waals surface area contributed by atoms with Crippen LogP contribution in [0.1, 0.15) is 134 Å². The summed E-state index contributed by atoms with van der Waals surface area (Å²) in [4.78, 5) is 74.9. The first kappa shape index (κ1) is 45.0. The molecule has 1 heterocycles. The second-order valence-electron chi connectivity index (χ2n) is 15.8. The van der Waals surface area contributed by atoms with Crippen molar-refractivity contribution in [3.05, 3.63) is 94.3 Å². The molecule has 1 aromatic heterocycles. The fourth-order valence-electron chi connectivity index (χ4n) is 5.75. The smallest absolute Gasteiger partial charge is 0.435 e. The number of hydrogen-bond acceptors (Lipinski definition) is 10. The largest absolute Gasteiger partial charge is 0.448 e. The van der Waals surface area contributed by atoms with E-state index in [-0.39, 0.29) is 52.7 Å². The summed E-state index contributed by atoms with van der Waals surface area (Å²) in [5.74, 6) is -2.50. The Labute approximate surface area is 340 Å². The summed E-state index contributed by atoms with van der Waals surface area (Å²) in [6.45, 7) is 14.7. The number of aromatic nitrogens is 1. The van der Waals surface area contributed by atoms with Crippen LogP contribution in [0.5, 0.6) is 0 Å². The number of Topliss-reactive ketones (excluding diaryl/α,β-unsaturated/α-hetero) is 1. The number of nitrogens with one attached hydrogen (secondary N) is 1. The molecule has 310 valence electrons. The lowest BCUT2D eigenvalue weighted by Crippen LogP contribution is -2.34. The van der Waals surface area contributed by atoms with E-state index in [2.05, 4.69) is 28.8 Å². The minimum atomic E-state index is -1.29. The number of aliphatic imine (C=N–C) groups is 1. The molecule has 1 aliphatic carbocycles. The van der Waals surface area contributed by atoms with E-state index >= 15 is 0 Å². The second kappa shape index (κ2) is 20.6. The predicted molar refractivity (Wildman–Crippen MR) is 221 cm³/mol. The third-order valence-corrected chi connectivity index (χ3v) is 9.48. The van der Waals surface area contributed by atoms with Crippen LogP contribution in [-0.2, 0) is 32.0 Å². The van der Waals surface area contributed by atoms with Crippen molar-refractivity contribution >= 4 is 41.6 Å². The van der Waals surface area contributed by atoms with Crippen molar-refractivity contribution in [3.8, 4) is 11.1 Å². The number of benzene rings is 2. The SMILES string of the molecule is C=Cc1cc(C(=O)Cc2ccc(C(N)=NC(=O)OCCCCCC)cc2)c(-c2ccc(C(=O)NCC3CC3)nc2C(=O)OC(OC(=O)C(C)(C)C)C(C)C)cc1CO. The van der Waals surface area contributed by atoms with Gasteiger partial charge in [0.15, 0.2) is 11.5 Å². The molecule has 1 unspecified atom stereocenters. The minimum Gasteiger partial charge on any atom is -0.448 e. The van der Waals surface area contributed by atoms with Crippen molar-refractivity contribution in [2.24, 2.45) is 28.0 Å². The molecule has 0 saturated heterocycles. The average Bonchev–Trinajstić information content (AvgIpc) is 4.03. The van der Waals surface area contributed by atoms with Gasteiger partial charge in [-0.15, -0.1) is 0 Å². The Balaban J connectivity index is 1.70. The molecule has 0 radical (unpaired) electrons. The summed E-state index contributed by atoms with van der Waals surface area (Å²) < 4.78 is 16.5. The molecule has 4 N–H and O–H groups in total. The number of unbranched alkanes of at least 4 members (excludes halogenated alkanes) is 3. The number of aliphatic hydroxyl groups is 1. The zero-order valence-electron chi connectivity index (χ0n) is 34.4. The molecule has 2 amide bonds. The van der Waals surface area contributed by atoms with E-state index < -0.39 is 48.2 Å².